The van der Waals surface area contributed by atoms with Crippen molar-refractivity contribution in [1.29, 1.82) is 0 Å². The van der Waals surface area contributed by atoms with Crippen LogP contribution >= 0.6 is 11.8 Å². The number of thioether (sulfide) groups is 1. The lowest BCUT2D eigenvalue weighted by Gasteiger charge is -2.36. The van der Waals surface area contributed by atoms with Crippen LogP contribution in [-0.2, 0) is 9.59 Å². The molecule has 1 aliphatic rings. The highest BCUT2D eigenvalue weighted by molar-refractivity contribution is 8.00. The summed E-state index contributed by atoms with van der Waals surface area (Å²) in [4.78, 5) is 29.9. The van der Waals surface area contributed by atoms with Crippen molar-refractivity contribution in [2.75, 3.05) is 43.4 Å². The minimum atomic E-state index is -0.0300. The predicted molar refractivity (Wildman–Crippen MR) is 120 cm³/mol. The first-order chi connectivity index (χ1) is 14.0. The van der Waals surface area contributed by atoms with E-state index in [0.29, 0.717) is 18.7 Å². The Morgan fingerprint density at radius 1 is 1.00 bits per heavy atom. The van der Waals surface area contributed by atoms with Crippen molar-refractivity contribution in [3.8, 4) is 0 Å². The van der Waals surface area contributed by atoms with E-state index >= 15 is 0 Å². The molecular formula is C23H29N3O2S. The molecule has 2 amide bonds. The standard InChI is InChI=1S/C23H29N3O2S/c1-18-8-9-19(2)21(16-18)29-17-22(27)24-11-10-23(28)26-14-12-25(13-15-26)20-6-4-3-5-7-20/h3-9,16H,10-15,17H2,1-2H3,(H,24,27). The number of nitrogens with zero attached hydrogens (tertiary/aromatic N) is 2. The monoisotopic (exact) mass is 411 g/mol. The Balaban J connectivity index is 1.34. The summed E-state index contributed by atoms with van der Waals surface area (Å²) in [5, 5.41) is 2.87. The molecule has 2 aromatic carbocycles. The number of carbonyl (C=O) groups excluding carboxylic acids is 2. The van der Waals surface area contributed by atoms with E-state index in [1.54, 1.807) is 11.8 Å². The summed E-state index contributed by atoms with van der Waals surface area (Å²) in [6, 6.07) is 16.5. The van der Waals surface area contributed by atoms with Gasteiger partial charge in [0.05, 0.1) is 5.75 Å². The average molecular weight is 412 g/mol. The lowest BCUT2D eigenvalue weighted by molar-refractivity contribution is -0.131. The number of anilines is 1. The Labute approximate surface area is 177 Å². The average Bonchev–Trinajstić information content (AvgIpc) is 2.75. The van der Waals surface area contributed by atoms with Crippen LogP contribution in [0.25, 0.3) is 0 Å². The van der Waals surface area contributed by atoms with E-state index < -0.39 is 0 Å². The fourth-order valence-electron chi connectivity index (χ4n) is 3.38. The number of amides is 2. The van der Waals surface area contributed by atoms with Crippen molar-refractivity contribution in [3.63, 3.8) is 0 Å². The first kappa shape index (κ1) is 21.2. The number of hydrogen-bond acceptors (Lipinski definition) is 4. The van der Waals surface area contributed by atoms with Gasteiger partial charge in [0.1, 0.15) is 0 Å². The number of nitrogens with one attached hydrogen (secondary N) is 1. The van der Waals surface area contributed by atoms with Gasteiger partial charge in [-0.3, -0.25) is 9.59 Å². The van der Waals surface area contributed by atoms with Crippen LogP contribution < -0.4 is 10.2 Å². The number of aryl methyl sites for hydroxylation is 2. The van der Waals surface area contributed by atoms with Gasteiger partial charge in [-0.1, -0.05) is 35.9 Å². The van der Waals surface area contributed by atoms with Crippen molar-refractivity contribution in [2.24, 2.45) is 0 Å². The molecule has 0 aliphatic carbocycles. The Hall–Kier alpha value is -2.47. The van der Waals surface area contributed by atoms with Crippen LogP contribution in [0.3, 0.4) is 0 Å². The van der Waals surface area contributed by atoms with Gasteiger partial charge in [0.15, 0.2) is 0 Å². The molecule has 0 atom stereocenters. The van der Waals surface area contributed by atoms with Gasteiger partial charge in [-0.2, -0.15) is 0 Å². The SMILES string of the molecule is Cc1ccc(C)c(SCC(=O)NCCC(=O)N2CCN(c3ccccc3)CC2)c1. The fourth-order valence-corrected chi connectivity index (χ4v) is 4.33. The second-order valence-corrected chi connectivity index (χ2v) is 8.38. The number of benzene rings is 2. The molecule has 1 fully saturated rings. The summed E-state index contributed by atoms with van der Waals surface area (Å²) < 4.78 is 0. The lowest BCUT2D eigenvalue weighted by atomic mass is 10.2. The van der Waals surface area contributed by atoms with Gasteiger partial charge in [0.25, 0.3) is 0 Å². The lowest BCUT2D eigenvalue weighted by Crippen LogP contribution is -2.49. The third-order valence-corrected chi connectivity index (χ3v) is 6.27. The van der Waals surface area contributed by atoms with Crippen LogP contribution in [0.5, 0.6) is 0 Å². The largest absolute Gasteiger partial charge is 0.368 e. The topological polar surface area (TPSA) is 52.7 Å². The van der Waals surface area contributed by atoms with Crippen LogP contribution in [-0.4, -0.2) is 55.2 Å². The van der Waals surface area contributed by atoms with E-state index in [-0.39, 0.29) is 11.8 Å². The first-order valence-corrected chi connectivity index (χ1v) is 11.1. The van der Waals surface area contributed by atoms with E-state index in [4.69, 9.17) is 0 Å². The highest BCUT2D eigenvalue weighted by Crippen LogP contribution is 2.23. The Morgan fingerprint density at radius 3 is 2.45 bits per heavy atom. The van der Waals surface area contributed by atoms with Crippen molar-refractivity contribution >= 4 is 29.3 Å². The molecule has 2 aromatic rings. The second-order valence-electron chi connectivity index (χ2n) is 7.36. The van der Waals surface area contributed by atoms with E-state index in [0.717, 1.165) is 31.1 Å². The number of carbonyl (C=O) groups is 2. The third-order valence-electron chi connectivity index (χ3n) is 5.12. The molecule has 0 unspecified atom stereocenters. The summed E-state index contributed by atoms with van der Waals surface area (Å²) in [5.41, 5.74) is 3.57. The molecule has 3 rings (SSSR count). The molecule has 1 aliphatic heterocycles. The fraction of sp³-hybridized carbons (Fsp3) is 0.391. The minimum absolute atomic E-state index is 0.0300. The summed E-state index contributed by atoms with van der Waals surface area (Å²) in [6.45, 7) is 7.63. The summed E-state index contributed by atoms with van der Waals surface area (Å²) >= 11 is 1.54. The maximum Gasteiger partial charge on any atom is 0.230 e. The molecule has 6 heteroatoms. The number of piperazine rings is 1. The van der Waals surface area contributed by atoms with Crippen LogP contribution in [0.2, 0.25) is 0 Å². The van der Waals surface area contributed by atoms with Gasteiger partial charge in [0.2, 0.25) is 11.8 Å². The quantitative estimate of drug-likeness (QED) is 0.711. The van der Waals surface area contributed by atoms with Crippen LogP contribution in [0.15, 0.2) is 53.4 Å². The zero-order valence-corrected chi connectivity index (χ0v) is 18.0. The zero-order valence-electron chi connectivity index (χ0n) is 17.2. The zero-order chi connectivity index (χ0) is 20.6. The molecule has 0 radical (unpaired) electrons. The first-order valence-electron chi connectivity index (χ1n) is 10.1. The smallest absolute Gasteiger partial charge is 0.230 e. The second kappa shape index (κ2) is 10.3. The minimum Gasteiger partial charge on any atom is -0.368 e. The van der Waals surface area contributed by atoms with E-state index in [1.165, 1.54) is 16.8 Å². The van der Waals surface area contributed by atoms with E-state index in [1.807, 2.05) is 23.1 Å². The van der Waals surface area contributed by atoms with Gasteiger partial charge in [-0.15, -0.1) is 11.8 Å². The van der Waals surface area contributed by atoms with Crippen molar-refractivity contribution in [2.45, 2.75) is 25.2 Å². The third kappa shape index (κ3) is 6.26. The summed E-state index contributed by atoms with van der Waals surface area (Å²) in [7, 11) is 0. The summed E-state index contributed by atoms with van der Waals surface area (Å²) in [6.07, 6.45) is 0.352. The molecule has 1 N–H and O–H groups in total. The van der Waals surface area contributed by atoms with E-state index in [2.05, 4.69) is 54.4 Å². The molecule has 0 spiro atoms. The molecule has 1 heterocycles. The highest BCUT2D eigenvalue weighted by atomic mass is 32.2. The van der Waals surface area contributed by atoms with Gasteiger partial charge in [0, 0.05) is 49.7 Å². The van der Waals surface area contributed by atoms with Crippen LogP contribution in [0.1, 0.15) is 17.5 Å². The summed E-state index contributed by atoms with van der Waals surface area (Å²) in [5.74, 6) is 0.451. The number of para-hydroxylation sites is 1. The number of rotatable bonds is 7. The highest BCUT2D eigenvalue weighted by Gasteiger charge is 2.21. The predicted octanol–water partition coefficient (Wildman–Crippen LogP) is 3.25. The van der Waals surface area contributed by atoms with E-state index in [9.17, 15) is 9.59 Å². The van der Waals surface area contributed by atoms with Gasteiger partial charge in [-0.05, 0) is 37.6 Å². The molecule has 154 valence electrons. The molecule has 5 nitrogen and oxygen atoms in total. The molecular weight excluding hydrogens is 382 g/mol. The Bertz CT molecular complexity index is 833. The van der Waals surface area contributed by atoms with Gasteiger partial charge >= 0.3 is 0 Å². The van der Waals surface area contributed by atoms with Crippen molar-refractivity contribution < 1.29 is 9.59 Å². The van der Waals surface area contributed by atoms with Gasteiger partial charge in [-0.25, -0.2) is 0 Å². The van der Waals surface area contributed by atoms with Crippen molar-refractivity contribution in [1.82, 2.24) is 10.2 Å². The van der Waals surface area contributed by atoms with Crippen LogP contribution in [0.4, 0.5) is 5.69 Å². The Kier molecular flexibility index (Phi) is 7.58. The van der Waals surface area contributed by atoms with Crippen molar-refractivity contribution in [3.05, 3.63) is 59.7 Å². The molecule has 1 saturated heterocycles. The molecule has 0 aromatic heterocycles. The molecule has 29 heavy (non-hydrogen) atoms. The normalized spacial score (nSPS) is 14.0. The number of hydrogen-bond donors (Lipinski definition) is 1. The maximum atomic E-state index is 12.4. The van der Waals surface area contributed by atoms with Gasteiger partial charge < -0.3 is 15.1 Å². The Morgan fingerprint density at radius 2 is 1.72 bits per heavy atom. The van der Waals surface area contributed by atoms with Crippen LogP contribution in [0, 0.1) is 13.8 Å². The molecule has 0 saturated carbocycles. The molecule has 0 bridgehead atoms. The maximum absolute atomic E-state index is 12.4.